The van der Waals surface area contributed by atoms with E-state index in [1.807, 2.05) is 0 Å². The van der Waals surface area contributed by atoms with Gasteiger partial charge in [-0.15, -0.1) is 0 Å². The lowest BCUT2D eigenvalue weighted by Crippen LogP contribution is -2.35. The van der Waals surface area contributed by atoms with E-state index in [1.165, 1.54) is 45.2 Å². The molecule has 2 aliphatic rings. The second kappa shape index (κ2) is 4.43. The van der Waals surface area contributed by atoms with Gasteiger partial charge in [-0.2, -0.15) is 0 Å². The quantitative estimate of drug-likeness (QED) is 0.714. The molecule has 0 aromatic carbocycles. The summed E-state index contributed by atoms with van der Waals surface area (Å²) in [6.07, 6.45) is 6.84. The average Bonchev–Trinajstić information content (AvgIpc) is 2.52. The van der Waals surface area contributed by atoms with Gasteiger partial charge in [-0.3, -0.25) is 0 Å². The average molecular weight is 183 g/mol. The molecule has 0 aromatic rings. The van der Waals surface area contributed by atoms with E-state index in [0.717, 1.165) is 12.5 Å². The second-order valence-corrected chi connectivity index (χ2v) is 4.64. The Morgan fingerprint density at radius 1 is 1.15 bits per heavy atom. The van der Waals surface area contributed by atoms with Gasteiger partial charge in [0.1, 0.15) is 0 Å². The summed E-state index contributed by atoms with van der Waals surface area (Å²) >= 11 is 0. The summed E-state index contributed by atoms with van der Waals surface area (Å²) in [5.74, 6) is 1.41. The van der Waals surface area contributed by atoms with E-state index < -0.39 is 0 Å². The minimum Gasteiger partial charge on any atom is -0.396 e. The van der Waals surface area contributed by atoms with Gasteiger partial charge in [-0.25, -0.2) is 0 Å². The first-order chi connectivity index (χ1) is 6.40. The predicted molar refractivity (Wildman–Crippen MR) is 53.6 cm³/mol. The molecular weight excluding hydrogens is 162 g/mol. The zero-order valence-corrected chi connectivity index (χ0v) is 8.41. The Hall–Kier alpha value is -0.0800. The van der Waals surface area contributed by atoms with Gasteiger partial charge in [-0.05, 0) is 37.8 Å². The third-order valence-corrected chi connectivity index (χ3v) is 3.74. The van der Waals surface area contributed by atoms with Crippen molar-refractivity contribution in [2.75, 3.05) is 26.2 Å². The number of aliphatic hydroxyl groups excluding tert-OH is 1. The Morgan fingerprint density at radius 3 is 2.31 bits per heavy atom. The Labute approximate surface area is 80.9 Å². The van der Waals surface area contributed by atoms with Crippen molar-refractivity contribution in [3.8, 4) is 0 Å². The van der Waals surface area contributed by atoms with Gasteiger partial charge in [0.15, 0.2) is 0 Å². The van der Waals surface area contributed by atoms with Crippen LogP contribution in [-0.4, -0.2) is 36.2 Å². The summed E-state index contributed by atoms with van der Waals surface area (Å²) in [6.45, 7) is 4.09. The SMILES string of the molecule is OCC(CN1CCCC1)C1CCC1. The Balaban J connectivity index is 1.75. The molecule has 1 aliphatic carbocycles. The molecule has 1 aliphatic heterocycles. The molecule has 76 valence electrons. The molecule has 2 heteroatoms. The standard InChI is InChI=1S/C11H21NO/c13-9-11(10-4-3-5-10)8-12-6-1-2-7-12/h10-11,13H,1-9H2. The molecule has 2 nitrogen and oxygen atoms in total. The number of nitrogens with zero attached hydrogens (tertiary/aromatic N) is 1. The highest BCUT2D eigenvalue weighted by Crippen LogP contribution is 2.34. The van der Waals surface area contributed by atoms with Crippen LogP contribution in [0.3, 0.4) is 0 Å². The van der Waals surface area contributed by atoms with Crippen LogP contribution < -0.4 is 0 Å². The largest absolute Gasteiger partial charge is 0.396 e. The monoisotopic (exact) mass is 183 g/mol. The van der Waals surface area contributed by atoms with Crippen molar-refractivity contribution in [1.29, 1.82) is 0 Å². The van der Waals surface area contributed by atoms with E-state index in [2.05, 4.69) is 4.90 Å². The van der Waals surface area contributed by atoms with Gasteiger partial charge in [0.05, 0.1) is 0 Å². The molecule has 0 aromatic heterocycles. The molecule has 1 N–H and O–H groups in total. The summed E-state index contributed by atoms with van der Waals surface area (Å²) in [6, 6.07) is 0. The van der Waals surface area contributed by atoms with Gasteiger partial charge in [0, 0.05) is 13.2 Å². The highest BCUT2D eigenvalue weighted by Gasteiger charge is 2.28. The molecule has 1 saturated heterocycles. The molecule has 0 spiro atoms. The van der Waals surface area contributed by atoms with Gasteiger partial charge < -0.3 is 10.0 Å². The van der Waals surface area contributed by atoms with Crippen LogP contribution in [0, 0.1) is 11.8 Å². The molecule has 2 fully saturated rings. The summed E-state index contributed by atoms with van der Waals surface area (Å²) in [7, 11) is 0. The van der Waals surface area contributed by atoms with E-state index in [9.17, 15) is 5.11 Å². The van der Waals surface area contributed by atoms with Crippen molar-refractivity contribution < 1.29 is 5.11 Å². The summed E-state index contributed by atoms with van der Waals surface area (Å²) in [4.78, 5) is 2.53. The molecule has 2 rings (SSSR count). The van der Waals surface area contributed by atoms with Crippen molar-refractivity contribution in [2.45, 2.75) is 32.1 Å². The summed E-state index contributed by atoms with van der Waals surface area (Å²) in [5, 5.41) is 9.30. The van der Waals surface area contributed by atoms with Crippen molar-refractivity contribution in [2.24, 2.45) is 11.8 Å². The molecular formula is C11H21NO. The van der Waals surface area contributed by atoms with Crippen LogP contribution in [0.15, 0.2) is 0 Å². The van der Waals surface area contributed by atoms with E-state index in [4.69, 9.17) is 0 Å². The van der Waals surface area contributed by atoms with E-state index >= 15 is 0 Å². The van der Waals surface area contributed by atoms with Crippen LogP contribution in [-0.2, 0) is 0 Å². The molecule has 0 radical (unpaired) electrons. The van der Waals surface area contributed by atoms with Crippen LogP contribution in [0.2, 0.25) is 0 Å². The Kier molecular flexibility index (Phi) is 3.23. The topological polar surface area (TPSA) is 23.5 Å². The number of aliphatic hydroxyl groups is 1. The lowest BCUT2D eigenvalue weighted by atomic mass is 9.76. The number of rotatable bonds is 4. The molecule has 1 atom stereocenters. The minimum absolute atomic E-state index is 0.404. The van der Waals surface area contributed by atoms with Crippen molar-refractivity contribution in [1.82, 2.24) is 4.90 Å². The van der Waals surface area contributed by atoms with Crippen LogP contribution in [0.1, 0.15) is 32.1 Å². The number of likely N-dealkylation sites (tertiary alicyclic amines) is 1. The maximum atomic E-state index is 9.30. The zero-order chi connectivity index (χ0) is 9.10. The zero-order valence-electron chi connectivity index (χ0n) is 8.41. The van der Waals surface area contributed by atoms with Crippen LogP contribution in [0.4, 0.5) is 0 Å². The third kappa shape index (κ3) is 2.23. The fourth-order valence-corrected chi connectivity index (χ4v) is 2.56. The molecule has 1 heterocycles. The number of hydrogen-bond donors (Lipinski definition) is 1. The Morgan fingerprint density at radius 2 is 1.85 bits per heavy atom. The van der Waals surface area contributed by atoms with Gasteiger partial charge in [0.25, 0.3) is 0 Å². The smallest absolute Gasteiger partial charge is 0.0474 e. The molecule has 0 amide bonds. The summed E-state index contributed by atoms with van der Waals surface area (Å²) < 4.78 is 0. The molecule has 1 saturated carbocycles. The Bertz CT molecular complexity index is 150. The van der Waals surface area contributed by atoms with Crippen molar-refractivity contribution in [3.63, 3.8) is 0 Å². The normalized spacial score (nSPS) is 27.5. The van der Waals surface area contributed by atoms with Crippen LogP contribution in [0.25, 0.3) is 0 Å². The van der Waals surface area contributed by atoms with E-state index in [0.29, 0.717) is 12.5 Å². The molecule has 1 unspecified atom stereocenters. The maximum absolute atomic E-state index is 9.30. The highest BCUT2D eigenvalue weighted by molar-refractivity contribution is 4.80. The highest BCUT2D eigenvalue weighted by atomic mass is 16.3. The van der Waals surface area contributed by atoms with Crippen LogP contribution >= 0.6 is 0 Å². The lowest BCUT2D eigenvalue weighted by Gasteiger charge is -2.34. The summed E-state index contributed by atoms with van der Waals surface area (Å²) in [5.41, 5.74) is 0. The first-order valence-corrected chi connectivity index (χ1v) is 5.73. The predicted octanol–water partition coefficient (Wildman–Crippen LogP) is 1.49. The van der Waals surface area contributed by atoms with E-state index in [1.54, 1.807) is 0 Å². The van der Waals surface area contributed by atoms with Crippen molar-refractivity contribution >= 4 is 0 Å². The second-order valence-electron chi connectivity index (χ2n) is 4.64. The van der Waals surface area contributed by atoms with Gasteiger partial charge in [-0.1, -0.05) is 19.3 Å². The molecule has 13 heavy (non-hydrogen) atoms. The van der Waals surface area contributed by atoms with Crippen LogP contribution in [0.5, 0.6) is 0 Å². The fourth-order valence-electron chi connectivity index (χ4n) is 2.56. The first kappa shape index (κ1) is 9.47. The maximum Gasteiger partial charge on any atom is 0.0474 e. The lowest BCUT2D eigenvalue weighted by molar-refractivity contribution is 0.0923. The van der Waals surface area contributed by atoms with E-state index in [-0.39, 0.29) is 0 Å². The van der Waals surface area contributed by atoms with Crippen molar-refractivity contribution in [3.05, 3.63) is 0 Å². The van der Waals surface area contributed by atoms with Gasteiger partial charge >= 0.3 is 0 Å². The minimum atomic E-state index is 0.404. The number of hydrogen-bond acceptors (Lipinski definition) is 2. The molecule has 0 bridgehead atoms. The van der Waals surface area contributed by atoms with Gasteiger partial charge in [0.2, 0.25) is 0 Å². The first-order valence-electron chi connectivity index (χ1n) is 5.73. The fraction of sp³-hybridized carbons (Fsp3) is 1.00. The third-order valence-electron chi connectivity index (χ3n) is 3.74.